The summed E-state index contributed by atoms with van der Waals surface area (Å²) in [6, 6.07) is 36.5. The number of methoxy groups -OCH3 is 2. The number of carbonyl (C=O) groups is 6. The van der Waals surface area contributed by atoms with E-state index in [0.29, 0.717) is 118 Å². The zero-order valence-electron chi connectivity index (χ0n) is 68.7. The van der Waals surface area contributed by atoms with Gasteiger partial charge in [0, 0.05) is 152 Å². The van der Waals surface area contributed by atoms with Crippen molar-refractivity contribution in [2.75, 3.05) is 61.7 Å². The first kappa shape index (κ1) is 84.0. The molecule has 628 valence electrons. The number of hydrogen-bond donors (Lipinski definition) is 13. The topological polar surface area (TPSA) is 478 Å². The molecule has 0 saturated heterocycles. The molecule has 16 aromatic rings. The normalized spacial score (nSPS) is 11.4. The zero-order chi connectivity index (χ0) is 86.8. The molecule has 0 radical (unpaired) electrons. The molecule has 12 aromatic heterocycles. The lowest BCUT2D eigenvalue weighted by atomic mass is 10.00. The van der Waals surface area contributed by atoms with Crippen molar-refractivity contribution >= 4 is 104 Å². The van der Waals surface area contributed by atoms with E-state index < -0.39 is 0 Å². The molecule has 124 heavy (non-hydrogen) atoms. The molecule has 37 heteroatoms. The number of aryl methyl sites for hydroxylation is 1. The number of urea groups is 4. The fourth-order valence-electron chi connectivity index (χ4n) is 13.0. The molecule has 37 nitrogen and oxygen atoms in total. The van der Waals surface area contributed by atoms with Gasteiger partial charge in [0.1, 0.15) is 30.4 Å². The smallest absolute Gasteiger partial charge is 0.321 e. The van der Waals surface area contributed by atoms with Crippen LogP contribution >= 0.6 is 0 Å². The van der Waals surface area contributed by atoms with Crippen LogP contribution in [0.1, 0.15) is 69.9 Å². The third-order valence-corrected chi connectivity index (χ3v) is 19.1. The quantitative estimate of drug-likeness (QED) is 0.0265. The summed E-state index contributed by atoms with van der Waals surface area (Å²) < 4.78 is 15.7. The minimum absolute atomic E-state index is 0.00585. The molecule has 1 saturated carbocycles. The molecule has 0 bridgehead atoms. The van der Waals surface area contributed by atoms with Crippen molar-refractivity contribution in [1.29, 1.82) is 0 Å². The van der Waals surface area contributed by atoms with Gasteiger partial charge in [-0.15, -0.1) is 0 Å². The number of amides is 9. The van der Waals surface area contributed by atoms with Gasteiger partial charge in [0.15, 0.2) is 23.7 Å². The highest BCUT2D eigenvalue weighted by molar-refractivity contribution is 6.02. The summed E-state index contributed by atoms with van der Waals surface area (Å²) >= 11 is 0. The van der Waals surface area contributed by atoms with E-state index >= 15 is 0 Å². The van der Waals surface area contributed by atoms with Gasteiger partial charge in [-0.3, -0.25) is 45.6 Å². The van der Waals surface area contributed by atoms with Gasteiger partial charge in [0.2, 0.25) is 35.4 Å². The maximum absolute atomic E-state index is 12.6. The van der Waals surface area contributed by atoms with E-state index in [-0.39, 0.29) is 54.0 Å². The van der Waals surface area contributed by atoms with Crippen molar-refractivity contribution in [2.45, 2.75) is 73.4 Å². The van der Waals surface area contributed by atoms with Crippen LogP contribution in [0.15, 0.2) is 207 Å². The summed E-state index contributed by atoms with van der Waals surface area (Å²) in [5, 5.41) is 24.5. The van der Waals surface area contributed by atoms with Crippen molar-refractivity contribution < 1.29 is 42.8 Å². The number of aromatic amines is 4. The van der Waals surface area contributed by atoms with Crippen LogP contribution in [0.4, 0.5) is 43.0 Å². The standard InChI is InChI=1S/C25H26N6O3.C22H22N8O2.2C20H19N7O2/c1-4-18(32)14-31-9-7-16(13-22(31)33)17-11-19(20-10-15(3)6-8-27-20)23-21(12-17)28-24(29-23)30-25(34)26-5-2;1-2-23-22(32)28-21-26-16-10-15(11-18(19(16)27-21)29-8-4-3-5-9-29)30-12-17(24-13-30)20(31)25-14-6-7-14;1-3-23-20(28)27-19-25-17-7-12(13-9-21-11-22-10-13)6-15(18(17)26-19)16-8-14(29-2)4-5-24-16;1-3-23-20(28)27-19-25-16-8-12(13-9-21-11-22-10-13)7-14(18(16)26-19)15-5-4-6-17(24-15)29-2/h6-13H,4-5,14H2,1-3H3,(H3,26,28,29,30,34);3-5,8-14H,2,6-7H2,1H3,(H3-,23,25,26,27,28,31,32);2*4-11H,3H2,1-2H3,(H3,23,25,26,27,28)/p+1. The Bertz CT molecular complexity index is 6440. The van der Waals surface area contributed by atoms with Crippen LogP contribution in [-0.2, 0) is 11.3 Å². The van der Waals surface area contributed by atoms with Gasteiger partial charge < -0.3 is 65.1 Å². The molecular weight excluding hydrogens is 1580 g/mol. The van der Waals surface area contributed by atoms with Crippen LogP contribution in [0.3, 0.4) is 0 Å². The van der Waals surface area contributed by atoms with Crippen LogP contribution in [0.5, 0.6) is 11.6 Å². The van der Waals surface area contributed by atoms with Crippen molar-refractivity contribution in [3.8, 4) is 90.2 Å². The van der Waals surface area contributed by atoms with Crippen LogP contribution in [0, 0.1) is 6.92 Å². The monoisotopic (exact) mass is 1670 g/mol. The number of benzene rings is 4. The molecule has 1 fully saturated rings. The highest BCUT2D eigenvalue weighted by Crippen LogP contribution is 2.38. The fraction of sp³-hybridized carbons (Fsp3) is 0.195. The van der Waals surface area contributed by atoms with E-state index in [1.54, 1.807) is 93.7 Å². The second-order valence-electron chi connectivity index (χ2n) is 28.0. The van der Waals surface area contributed by atoms with Gasteiger partial charge >= 0.3 is 24.1 Å². The van der Waals surface area contributed by atoms with Gasteiger partial charge in [0.05, 0.1) is 82.2 Å². The molecule has 0 spiro atoms. The van der Waals surface area contributed by atoms with Gasteiger partial charge in [-0.1, -0.05) is 19.1 Å². The largest absolute Gasteiger partial charge is 0.497 e. The van der Waals surface area contributed by atoms with E-state index in [2.05, 4.69) is 128 Å². The fourth-order valence-corrected chi connectivity index (χ4v) is 13.0. The summed E-state index contributed by atoms with van der Waals surface area (Å²) in [6.45, 7) is 13.2. The van der Waals surface area contributed by atoms with Crippen molar-refractivity contribution in [1.82, 2.24) is 115 Å². The average Bonchev–Trinajstić information content (AvgIpc) is 1.63. The summed E-state index contributed by atoms with van der Waals surface area (Å²) in [7, 11) is 3.18. The van der Waals surface area contributed by atoms with Crippen LogP contribution in [0.25, 0.3) is 123 Å². The number of fused-ring (bicyclic) bond motifs is 4. The number of hydrogen-bond acceptors (Lipinski definition) is 21. The van der Waals surface area contributed by atoms with E-state index in [1.807, 2.05) is 155 Å². The van der Waals surface area contributed by atoms with E-state index in [0.717, 1.165) is 96.5 Å². The molecule has 0 unspecified atom stereocenters. The zero-order valence-corrected chi connectivity index (χ0v) is 68.7. The lowest BCUT2D eigenvalue weighted by molar-refractivity contribution is -0.594. The Morgan fingerprint density at radius 2 is 0.984 bits per heavy atom. The Labute approximate surface area is 707 Å². The lowest BCUT2D eigenvalue weighted by Gasteiger charge is -2.09. The first-order valence-electron chi connectivity index (χ1n) is 39.7. The van der Waals surface area contributed by atoms with Crippen LogP contribution in [0.2, 0.25) is 0 Å². The first-order chi connectivity index (χ1) is 60.3. The first-order valence-corrected chi connectivity index (χ1v) is 39.7. The highest BCUT2D eigenvalue weighted by Gasteiger charge is 2.27. The SMILES string of the molecule is CCNC(=O)Nc1nc2c(-[n+]3ccccc3)cc(-n3cnc(C(=O)NC4CC4)c3)cc2[nH]1.CCNC(=O)Nc1nc2c(-c3cc(C)ccn3)cc(-c3ccn(CC(=O)CC)c(=O)c3)cc2[nH]1.CCNC(=O)Nc1nc2c(-c3cc(OC)ccn3)cc(-c3cncnc3)cc2[nH]1.CCNC(=O)Nc1nc2c(-c3cccc(OC)n3)cc(-c3cncnc3)cc2[nH]1. The molecule has 0 aliphatic heterocycles. The molecular formula is C87H87N28O9+. The maximum atomic E-state index is 12.6. The molecule has 0 atom stereocenters. The van der Waals surface area contributed by atoms with E-state index in [9.17, 15) is 33.6 Å². The molecule has 12 heterocycles. The number of ketones is 1. The number of nitrogens with zero attached hydrogens (tertiary/aromatic N) is 15. The van der Waals surface area contributed by atoms with Crippen LogP contribution in [-0.4, -0.2) is 171 Å². The minimum Gasteiger partial charge on any atom is -0.497 e. The van der Waals surface area contributed by atoms with Crippen molar-refractivity contribution in [3.63, 3.8) is 0 Å². The Hall–Kier alpha value is -16.5. The van der Waals surface area contributed by atoms with Crippen molar-refractivity contribution in [2.24, 2.45) is 0 Å². The predicted molar refractivity (Wildman–Crippen MR) is 469 cm³/mol. The Balaban J connectivity index is 0.000000135. The number of imidazole rings is 5. The summed E-state index contributed by atoms with van der Waals surface area (Å²) in [5.41, 5.74) is 17.9. The number of anilines is 4. The van der Waals surface area contributed by atoms with Gasteiger partial charge in [-0.2, -0.15) is 4.57 Å². The summed E-state index contributed by atoms with van der Waals surface area (Å²) in [4.78, 5) is 150. The maximum Gasteiger partial charge on any atom is 0.321 e. The van der Waals surface area contributed by atoms with Gasteiger partial charge in [-0.05, 0) is 148 Å². The number of rotatable bonds is 23. The highest BCUT2D eigenvalue weighted by atomic mass is 16.5. The van der Waals surface area contributed by atoms with E-state index in [4.69, 9.17) is 9.47 Å². The average molecular weight is 1670 g/mol. The second-order valence-corrected chi connectivity index (χ2v) is 28.0. The van der Waals surface area contributed by atoms with Crippen molar-refractivity contribution in [3.05, 3.63) is 224 Å². The number of Topliss-reactive ketones (excluding diaryl/α,β-unsaturated/α-hetero) is 1. The number of H-pyrrole nitrogens is 4. The lowest BCUT2D eigenvalue weighted by Crippen LogP contribution is -2.29. The Morgan fingerprint density at radius 3 is 1.47 bits per heavy atom. The molecule has 1 aliphatic rings. The third kappa shape index (κ3) is 20.6. The summed E-state index contributed by atoms with van der Waals surface area (Å²) in [6.07, 6.45) is 24.6. The number of ether oxygens (including phenoxy) is 2. The van der Waals surface area contributed by atoms with Gasteiger partial charge in [-0.25, -0.2) is 69.0 Å². The number of pyridine rings is 5. The van der Waals surface area contributed by atoms with Gasteiger partial charge in [0.25, 0.3) is 11.5 Å². The molecule has 1 aliphatic carbocycles. The minimum atomic E-state index is -0.359. The predicted octanol–water partition coefficient (Wildman–Crippen LogP) is 12.4. The molecule has 4 aromatic carbocycles. The van der Waals surface area contributed by atoms with E-state index in [1.165, 1.54) is 23.3 Å². The number of aromatic nitrogens is 19. The number of nitrogens with one attached hydrogen (secondary N) is 13. The molecule has 17 rings (SSSR count). The third-order valence-electron chi connectivity index (χ3n) is 19.1. The Kier molecular flexibility index (Phi) is 26.4. The number of carbonyl (C=O) groups excluding carboxylic acids is 6. The van der Waals surface area contributed by atoms with Crippen LogP contribution < -0.4 is 67.5 Å². The Morgan fingerprint density at radius 1 is 0.492 bits per heavy atom. The summed E-state index contributed by atoms with van der Waals surface area (Å²) in [5.74, 6) is 2.35. The molecule has 13 N–H and O–H groups in total. The second kappa shape index (κ2) is 38.9. The molecule has 9 amide bonds.